The summed E-state index contributed by atoms with van der Waals surface area (Å²) in [6.45, 7) is 0.645. The first-order chi connectivity index (χ1) is 14.9. The molecule has 0 radical (unpaired) electrons. The van der Waals surface area contributed by atoms with Gasteiger partial charge in [-0.25, -0.2) is 4.98 Å². The number of piperidine rings is 1. The van der Waals surface area contributed by atoms with Gasteiger partial charge in [0.1, 0.15) is 11.5 Å². The smallest absolute Gasteiger partial charge is 0.261 e. The number of ether oxygens (including phenoxy) is 1. The number of nitrogens with zero attached hydrogens (tertiary/aromatic N) is 2. The molecule has 1 aliphatic rings. The van der Waals surface area contributed by atoms with Gasteiger partial charge in [-0.3, -0.25) is 14.2 Å². The lowest BCUT2D eigenvalue weighted by molar-refractivity contribution is -0.121. The molecule has 1 saturated heterocycles. The Balaban J connectivity index is 0.00000193. The van der Waals surface area contributed by atoms with Crippen LogP contribution in [0.1, 0.15) is 19.3 Å². The van der Waals surface area contributed by atoms with E-state index >= 15 is 0 Å². The number of Topliss-reactive ketones (excluding diaryl/α,β-unsaturated/α-hetero) is 1. The Labute approximate surface area is 221 Å². The standard InChI is InChI=1S/C22H21Cl2N3O4.2BrH/c23-13-3-5-15(6-4-13)31-21-9-16-18(10-17(21)24)26-12-27(22(16)30)11-14(28)8-19-20(29)2-1-7-25-19;;/h3-6,9-10,12,19-20,25,29H,1-2,7-8,11H2;2*1H/t19-,20+;;/m0../s1. The van der Waals surface area contributed by atoms with E-state index < -0.39 is 6.10 Å². The third-order valence-corrected chi connectivity index (χ3v) is 5.81. The van der Waals surface area contributed by atoms with Crippen molar-refractivity contribution in [1.82, 2.24) is 14.9 Å². The molecule has 0 bridgehead atoms. The lowest BCUT2D eigenvalue weighted by Crippen LogP contribution is -2.46. The third kappa shape index (κ3) is 6.77. The van der Waals surface area contributed by atoms with Gasteiger partial charge in [0, 0.05) is 17.5 Å². The van der Waals surface area contributed by atoms with Crippen molar-refractivity contribution in [3.05, 3.63) is 63.1 Å². The molecule has 1 fully saturated rings. The predicted molar refractivity (Wildman–Crippen MR) is 140 cm³/mol. The minimum atomic E-state index is -0.557. The molecule has 2 atom stereocenters. The van der Waals surface area contributed by atoms with E-state index in [2.05, 4.69) is 10.3 Å². The Morgan fingerprint density at radius 3 is 2.64 bits per heavy atom. The highest BCUT2D eigenvalue weighted by Crippen LogP contribution is 2.32. The van der Waals surface area contributed by atoms with Gasteiger partial charge in [-0.15, -0.1) is 34.0 Å². The zero-order chi connectivity index (χ0) is 22.0. The lowest BCUT2D eigenvalue weighted by Gasteiger charge is -2.28. The summed E-state index contributed by atoms with van der Waals surface area (Å²) in [5.41, 5.74) is 0.0413. The SMILES string of the molecule is Br.Br.O=C(C[C@@H]1NCCC[C@H]1O)Cn1cnc2cc(Cl)c(Oc3ccc(Cl)cc3)cc2c1=O. The van der Waals surface area contributed by atoms with Crippen molar-refractivity contribution in [2.45, 2.75) is 38.0 Å². The highest BCUT2D eigenvalue weighted by atomic mass is 79.9. The number of hydrogen-bond acceptors (Lipinski definition) is 6. The fourth-order valence-electron chi connectivity index (χ4n) is 3.62. The number of rotatable bonds is 6. The topological polar surface area (TPSA) is 93.5 Å². The first kappa shape index (κ1) is 27.8. The highest BCUT2D eigenvalue weighted by Gasteiger charge is 2.25. The minimum absolute atomic E-state index is 0. The van der Waals surface area contributed by atoms with Crippen molar-refractivity contribution in [3.8, 4) is 11.5 Å². The van der Waals surface area contributed by atoms with E-state index in [9.17, 15) is 14.7 Å². The third-order valence-electron chi connectivity index (χ3n) is 5.26. The molecule has 178 valence electrons. The normalized spacial score (nSPS) is 17.7. The molecule has 2 aromatic carbocycles. The highest BCUT2D eigenvalue weighted by molar-refractivity contribution is 8.93. The van der Waals surface area contributed by atoms with Crippen LogP contribution < -0.4 is 15.6 Å². The summed E-state index contributed by atoms with van der Waals surface area (Å²) < 4.78 is 7.05. The fraction of sp³-hybridized carbons (Fsp3) is 0.318. The van der Waals surface area contributed by atoms with Crippen molar-refractivity contribution in [2.75, 3.05) is 6.54 Å². The second kappa shape index (κ2) is 12.3. The minimum Gasteiger partial charge on any atom is -0.456 e. The van der Waals surface area contributed by atoms with Crippen LogP contribution in [0.5, 0.6) is 11.5 Å². The molecule has 0 unspecified atom stereocenters. The van der Waals surface area contributed by atoms with Crippen LogP contribution in [0.15, 0.2) is 47.5 Å². The molecular formula is C22H23Br2Cl2N3O4. The van der Waals surface area contributed by atoms with Gasteiger partial charge in [0.25, 0.3) is 5.56 Å². The summed E-state index contributed by atoms with van der Waals surface area (Å²) in [5.74, 6) is 0.658. The number of aromatic nitrogens is 2. The number of aliphatic hydroxyl groups excluding tert-OH is 1. The van der Waals surface area contributed by atoms with E-state index in [1.165, 1.54) is 17.0 Å². The van der Waals surface area contributed by atoms with Crippen LogP contribution in [-0.4, -0.2) is 39.1 Å². The van der Waals surface area contributed by atoms with Crippen LogP contribution in [0.2, 0.25) is 10.0 Å². The molecule has 7 nitrogen and oxygen atoms in total. The van der Waals surface area contributed by atoms with Crippen molar-refractivity contribution in [2.24, 2.45) is 0 Å². The Morgan fingerprint density at radius 1 is 1.21 bits per heavy atom. The van der Waals surface area contributed by atoms with Gasteiger partial charge in [-0.1, -0.05) is 23.2 Å². The summed E-state index contributed by atoms with van der Waals surface area (Å²) in [6.07, 6.45) is 2.47. The monoisotopic (exact) mass is 621 g/mol. The summed E-state index contributed by atoms with van der Waals surface area (Å²) in [6, 6.07) is 9.54. The van der Waals surface area contributed by atoms with Crippen LogP contribution in [0, 0.1) is 0 Å². The largest absolute Gasteiger partial charge is 0.456 e. The number of nitrogens with one attached hydrogen (secondary N) is 1. The van der Waals surface area contributed by atoms with Gasteiger partial charge >= 0.3 is 0 Å². The Hall–Kier alpha value is -1.49. The average Bonchev–Trinajstić information content (AvgIpc) is 2.74. The van der Waals surface area contributed by atoms with Crippen LogP contribution in [-0.2, 0) is 11.3 Å². The van der Waals surface area contributed by atoms with Gasteiger partial charge in [-0.2, -0.15) is 0 Å². The molecule has 1 aliphatic heterocycles. The van der Waals surface area contributed by atoms with E-state index in [0.29, 0.717) is 38.9 Å². The Morgan fingerprint density at radius 2 is 1.94 bits per heavy atom. The van der Waals surface area contributed by atoms with Crippen molar-refractivity contribution < 1.29 is 14.6 Å². The molecule has 1 aromatic heterocycles. The quantitative estimate of drug-likeness (QED) is 0.413. The molecule has 0 aliphatic carbocycles. The average molecular weight is 624 g/mol. The van der Waals surface area contributed by atoms with Gasteiger partial charge in [-0.05, 0) is 55.8 Å². The van der Waals surface area contributed by atoms with E-state index in [-0.39, 0.29) is 64.3 Å². The summed E-state index contributed by atoms with van der Waals surface area (Å²) in [7, 11) is 0. The van der Waals surface area contributed by atoms with Crippen LogP contribution >= 0.6 is 57.2 Å². The summed E-state index contributed by atoms with van der Waals surface area (Å²) in [4.78, 5) is 29.7. The maximum absolute atomic E-state index is 13.0. The molecular weight excluding hydrogens is 601 g/mol. The number of halogens is 4. The molecule has 3 aromatic rings. The number of fused-ring (bicyclic) bond motifs is 1. The summed E-state index contributed by atoms with van der Waals surface area (Å²) >= 11 is 12.2. The molecule has 11 heteroatoms. The van der Waals surface area contributed by atoms with E-state index in [1.807, 2.05) is 0 Å². The second-order valence-electron chi connectivity index (χ2n) is 7.55. The molecule has 33 heavy (non-hydrogen) atoms. The predicted octanol–water partition coefficient (Wildman–Crippen LogP) is 4.72. The van der Waals surface area contributed by atoms with Crippen LogP contribution in [0.3, 0.4) is 0 Å². The number of carbonyl (C=O) groups excluding carboxylic acids is 1. The van der Waals surface area contributed by atoms with Gasteiger partial charge in [0.05, 0.1) is 34.9 Å². The first-order valence-corrected chi connectivity index (χ1v) is 10.7. The van der Waals surface area contributed by atoms with Crippen LogP contribution in [0.4, 0.5) is 0 Å². The zero-order valence-corrected chi connectivity index (χ0v) is 22.3. The molecule has 2 heterocycles. The van der Waals surface area contributed by atoms with Crippen LogP contribution in [0.25, 0.3) is 10.9 Å². The Bertz CT molecular complexity index is 1170. The number of aliphatic hydroxyl groups is 1. The molecule has 0 spiro atoms. The number of hydrogen-bond donors (Lipinski definition) is 2. The first-order valence-electron chi connectivity index (χ1n) is 9.96. The van der Waals surface area contributed by atoms with Crippen molar-refractivity contribution >= 4 is 73.9 Å². The number of ketones is 1. The number of carbonyl (C=O) groups is 1. The van der Waals surface area contributed by atoms with Gasteiger partial charge < -0.3 is 15.2 Å². The van der Waals surface area contributed by atoms with Gasteiger partial charge in [0.2, 0.25) is 0 Å². The maximum atomic E-state index is 13.0. The van der Waals surface area contributed by atoms with E-state index in [0.717, 1.165) is 13.0 Å². The molecule has 4 rings (SSSR count). The van der Waals surface area contributed by atoms with E-state index in [1.54, 1.807) is 30.3 Å². The van der Waals surface area contributed by atoms with E-state index in [4.69, 9.17) is 27.9 Å². The second-order valence-corrected chi connectivity index (χ2v) is 8.39. The summed E-state index contributed by atoms with van der Waals surface area (Å²) in [5, 5.41) is 14.4. The lowest BCUT2D eigenvalue weighted by atomic mass is 9.97. The van der Waals surface area contributed by atoms with Gasteiger partial charge in [0.15, 0.2) is 5.78 Å². The fourth-order valence-corrected chi connectivity index (χ4v) is 3.95. The molecule has 2 N–H and O–H groups in total. The van der Waals surface area contributed by atoms with Crippen molar-refractivity contribution in [3.63, 3.8) is 0 Å². The van der Waals surface area contributed by atoms with Crippen molar-refractivity contribution in [1.29, 1.82) is 0 Å². The number of benzene rings is 2. The maximum Gasteiger partial charge on any atom is 0.261 e. The molecule has 0 amide bonds. The zero-order valence-electron chi connectivity index (χ0n) is 17.4. The molecule has 0 saturated carbocycles. The Kier molecular flexibility index (Phi) is 10.3.